The van der Waals surface area contributed by atoms with Crippen molar-refractivity contribution in [1.29, 1.82) is 0 Å². The molecule has 150 valence electrons. The van der Waals surface area contributed by atoms with E-state index in [1.165, 1.54) is 0 Å². The maximum absolute atomic E-state index is 12.9. The first-order chi connectivity index (χ1) is 14.1. The van der Waals surface area contributed by atoms with Gasteiger partial charge in [-0.2, -0.15) is 10.2 Å². The lowest BCUT2D eigenvalue weighted by atomic mass is 9.96. The molecule has 7 heteroatoms. The third kappa shape index (κ3) is 4.32. The Kier molecular flexibility index (Phi) is 5.34. The van der Waals surface area contributed by atoms with E-state index in [2.05, 4.69) is 26.4 Å². The highest BCUT2D eigenvalue weighted by molar-refractivity contribution is 5.98. The molecule has 2 amide bonds. The molecule has 2 aliphatic rings. The minimum atomic E-state index is -0.384. The van der Waals surface area contributed by atoms with Gasteiger partial charge in [-0.05, 0) is 37.1 Å². The third-order valence-corrected chi connectivity index (χ3v) is 5.76. The third-order valence-electron chi connectivity index (χ3n) is 5.76. The highest BCUT2D eigenvalue weighted by atomic mass is 16.2. The normalized spacial score (nSPS) is 19.7. The number of carbonyl (C=O) groups excluding carboxylic acids is 2. The molecule has 1 fully saturated rings. The van der Waals surface area contributed by atoms with Crippen LogP contribution < -0.4 is 5.32 Å². The van der Waals surface area contributed by atoms with Crippen molar-refractivity contribution in [1.82, 2.24) is 15.2 Å². The highest BCUT2D eigenvalue weighted by Gasteiger charge is 2.39. The number of H-pyrrole nitrogens is 1. The van der Waals surface area contributed by atoms with Crippen LogP contribution in [0.3, 0.4) is 0 Å². The fourth-order valence-corrected chi connectivity index (χ4v) is 3.94. The van der Waals surface area contributed by atoms with E-state index >= 15 is 0 Å². The lowest BCUT2D eigenvalue weighted by Gasteiger charge is -2.32. The zero-order chi connectivity index (χ0) is 20.3. The summed E-state index contributed by atoms with van der Waals surface area (Å²) >= 11 is 0. The number of amides is 2. The molecular weight excluding hydrogens is 366 g/mol. The van der Waals surface area contributed by atoms with Gasteiger partial charge in [0.15, 0.2) is 5.66 Å². The van der Waals surface area contributed by atoms with Crippen molar-refractivity contribution in [2.24, 2.45) is 16.1 Å². The second kappa shape index (κ2) is 8.08. The molecule has 4 rings (SSSR count). The van der Waals surface area contributed by atoms with E-state index in [1.807, 2.05) is 30.5 Å². The van der Waals surface area contributed by atoms with E-state index in [-0.39, 0.29) is 23.4 Å². The predicted octanol–water partition coefficient (Wildman–Crippen LogP) is 3.10. The number of likely N-dealkylation sites (tertiary alicyclic amines) is 1. The van der Waals surface area contributed by atoms with E-state index in [9.17, 15) is 9.59 Å². The molecule has 0 radical (unpaired) electrons. The van der Waals surface area contributed by atoms with Crippen LogP contribution in [0.1, 0.15) is 42.5 Å². The van der Waals surface area contributed by atoms with Crippen molar-refractivity contribution >= 4 is 22.7 Å². The van der Waals surface area contributed by atoms with Crippen LogP contribution in [-0.4, -0.2) is 47.0 Å². The molecule has 2 aromatic rings. The molecular formula is C22H25N5O2. The van der Waals surface area contributed by atoms with E-state index < -0.39 is 0 Å². The minimum Gasteiger partial charge on any atom is -0.361 e. The standard InChI is InChI=1S/C22H25N5O2/c1-2-3-9-22(25-26-22)10-12-24-20(28)18-5-4-13-27(15-18)21(29)17-6-7-19-16(14-17)8-11-23-19/h1,6-8,11,14,18,23H,3-5,9-10,12-13,15H2,(H,24,28). The Morgan fingerprint density at radius 2 is 2.17 bits per heavy atom. The van der Waals surface area contributed by atoms with Crippen LogP contribution in [-0.2, 0) is 4.79 Å². The summed E-state index contributed by atoms with van der Waals surface area (Å²) in [5.41, 5.74) is 1.28. The van der Waals surface area contributed by atoms with Crippen molar-refractivity contribution in [3.05, 3.63) is 36.0 Å². The number of fused-ring (bicyclic) bond motifs is 1. The molecule has 2 aliphatic heterocycles. The SMILES string of the molecule is C#CCCC1(CCNC(=O)C2CCCN(C(=O)c3ccc4[nH]ccc4c3)C2)N=N1. The summed E-state index contributed by atoms with van der Waals surface area (Å²) in [4.78, 5) is 30.5. The van der Waals surface area contributed by atoms with Crippen LogP contribution in [0.15, 0.2) is 40.7 Å². The van der Waals surface area contributed by atoms with Gasteiger partial charge in [-0.15, -0.1) is 12.3 Å². The highest BCUT2D eigenvalue weighted by Crippen LogP contribution is 2.36. The summed E-state index contributed by atoms with van der Waals surface area (Å²) in [7, 11) is 0. The van der Waals surface area contributed by atoms with E-state index in [4.69, 9.17) is 6.42 Å². The first kappa shape index (κ1) is 19.2. The van der Waals surface area contributed by atoms with Gasteiger partial charge in [0.1, 0.15) is 0 Å². The molecule has 2 N–H and O–H groups in total. The molecule has 0 saturated carbocycles. The van der Waals surface area contributed by atoms with Crippen molar-refractivity contribution in [2.75, 3.05) is 19.6 Å². The van der Waals surface area contributed by atoms with Gasteiger partial charge in [-0.25, -0.2) is 0 Å². The van der Waals surface area contributed by atoms with Gasteiger partial charge in [-0.3, -0.25) is 9.59 Å². The summed E-state index contributed by atoms with van der Waals surface area (Å²) in [5.74, 6) is 2.40. The van der Waals surface area contributed by atoms with Crippen LogP contribution in [0.5, 0.6) is 0 Å². The van der Waals surface area contributed by atoms with Crippen LogP contribution in [0.4, 0.5) is 0 Å². The monoisotopic (exact) mass is 391 g/mol. The zero-order valence-electron chi connectivity index (χ0n) is 16.4. The lowest BCUT2D eigenvalue weighted by molar-refractivity contribution is -0.126. The second-order valence-electron chi connectivity index (χ2n) is 7.80. The number of nitrogens with zero attached hydrogens (tertiary/aromatic N) is 3. The Morgan fingerprint density at radius 3 is 2.97 bits per heavy atom. The molecule has 1 atom stereocenters. The first-order valence-corrected chi connectivity index (χ1v) is 10.1. The quantitative estimate of drug-likeness (QED) is 0.710. The van der Waals surface area contributed by atoms with Crippen LogP contribution in [0.25, 0.3) is 10.9 Å². The average Bonchev–Trinajstić information content (AvgIpc) is 3.36. The molecule has 7 nitrogen and oxygen atoms in total. The van der Waals surface area contributed by atoms with Gasteiger partial charge < -0.3 is 15.2 Å². The Morgan fingerprint density at radius 1 is 1.31 bits per heavy atom. The van der Waals surface area contributed by atoms with Gasteiger partial charge >= 0.3 is 0 Å². The van der Waals surface area contributed by atoms with Crippen molar-refractivity contribution in [3.63, 3.8) is 0 Å². The Bertz CT molecular complexity index is 980. The Labute approximate surface area is 169 Å². The second-order valence-corrected chi connectivity index (χ2v) is 7.80. The molecule has 0 bridgehead atoms. The summed E-state index contributed by atoms with van der Waals surface area (Å²) in [5, 5.41) is 12.2. The van der Waals surface area contributed by atoms with Crippen molar-refractivity contribution < 1.29 is 9.59 Å². The molecule has 29 heavy (non-hydrogen) atoms. The van der Waals surface area contributed by atoms with Crippen LogP contribution >= 0.6 is 0 Å². The smallest absolute Gasteiger partial charge is 0.253 e. The largest absolute Gasteiger partial charge is 0.361 e. The number of benzene rings is 1. The summed E-state index contributed by atoms with van der Waals surface area (Å²) in [6.45, 7) is 1.65. The molecule has 1 aromatic heterocycles. The zero-order valence-corrected chi connectivity index (χ0v) is 16.4. The Hall–Kier alpha value is -3.14. The fourth-order valence-electron chi connectivity index (χ4n) is 3.94. The lowest BCUT2D eigenvalue weighted by Crippen LogP contribution is -2.45. The Balaban J connectivity index is 1.30. The van der Waals surface area contributed by atoms with Crippen molar-refractivity contribution in [3.8, 4) is 12.3 Å². The maximum Gasteiger partial charge on any atom is 0.253 e. The minimum absolute atomic E-state index is 0.00339. The fraction of sp³-hybridized carbons (Fsp3) is 0.455. The number of aromatic amines is 1. The number of terminal acetylenes is 1. The van der Waals surface area contributed by atoms with Gasteiger partial charge in [-0.1, -0.05) is 0 Å². The van der Waals surface area contributed by atoms with Gasteiger partial charge in [0.25, 0.3) is 5.91 Å². The number of nitrogens with one attached hydrogen (secondary N) is 2. The first-order valence-electron chi connectivity index (χ1n) is 10.1. The number of carbonyl (C=O) groups is 2. The predicted molar refractivity (Wildman–Crippen MR) is 110 cm³/mol. The van der Waals surface area contributed by atoms with E-state index in [0.29, 0.717) is 38.0 Å². The van der Waals surface area contributed by atoms with E-state index in [1.54, 1.807) is 4.90 Å². The van der Waals surface area contributed by atoms with E-state index in [0.717, 1.165) is 30.2 Å². The molecule has 1 aromatic carbocycles. The number of aromatic nitrogens is 1. The topological polar surface area (TPSA) is 89.9 Å². The average molecular weight is 391 g/mol. The number of hydrogen-bond donors (Lipinski definition) is 2. The molecule has 1 saturated heterocycles. The van der Waals surface area contributed by atoms with Gasteiger partial charge in [0, 0.05) is 61.6 Å². The molecule has 1 unspecified atom stereocenters. The molecule has 3 heterocycles. The van der Waals surface area contributed by atoms with Crippen LogP contribution in [0.2, 0.25) is 0 Å². The number of piperidine rings is 1. The molecule has 0 aliphatic carbocycles. The van der Waals surface area contributed by atoms with Crippen LogP contribution in [0, 0.1) is 18.3 Å². The summed E-state index contributed by atoms with van der Waals surface area (Å²) in [6.07, 6.45) is 10.8. The summed E-state index contributed by atoms with van der Waals surface area (Å²) in [6, 6.07) is 7.60. The maximum atomic E-state index is 12.9. The molecule has 0 spiro atoms. The van der Waals surface area contributed by atoms with Gasteiger partial charge in [0.05, 0.1) is 5.92 Å². The van der Waals surface area contributed by atoms with Gasteiger partial charge in [0.2, 0.25) is 5.91 Å². The number of hydrogen-bond acceptors (Lipinski definition) is 4. The summed E-state index contributed by atoms with van der Waals surface area (Å²) < 4.78 is 0. The van der Waals surface area contributed by atoms with Crippen molar-refractivity contribution in [2.45, 2.75) is 37.8 Å². The number of rotatable bonds is 7.